The molecule has 0 aliphatic carbocycles. The number of rotatable bonds is 24. The number of carbonyl (C=O) groups excluding carboxylic acids is 5. The van der Waals surface area contributed by atoms with E-state index in [-0.39, 0.29) is 18.8 Å². The Morgan fingerprint density at radius 1 is 0.947 bits per heavy atom. The number of ether oxygens (including phenoxy) is 3. The van der Waals surface area contributed by atoms with Gasteiger partial charge in [-0.1, -0.05) is 58.3 Å². The molecule has 0 unspecified atom stereocenters. The molecule has 0 saturated carbocycles. The second-order valence-corrected chi connectivity index (χ2v) is 10.1. The van der Waals surface area contributed by atoms with Gasteiger partial charge in [0.2, 0.25) is 11.8 Å². The van der Waals surface area contributed by atoms with Gasteiger partial charge in [0.1, 0.15) is 18.8 Å². The Balaban J connectivity index is 4.30. The Bertz CT molecular complexity index is 694. The highest BCUT2D eigenvalue weighted by molar-refractivity contribution is 7.99. The zero-order valence-corrected chi connectivity index (χ0v) is 23.9. The summed E-state index contributed by atoms with van der Waals surface area (Å²) in [4.78, 5) is 58.5. The van der Waals surface area contributed by atoms with Gasteiger partial charge >= 0.3 is 11.9 Å². The van der Waals surface area contributed by atoms with Gasteiger partial charge in [0.15, 0.2) is 6.04 Å². The summed E-state index contributed by atoms with van der Waals surface area (Å²) in [6.45, 7) is 3.24. The zero-order valence-electron chi connectivity index (χ0n) is 23.0. The number of hydrogen-bond acceptors (Lipinski definition) is 10. The molecule has 0 radical (unpaired) electrons. The summed E-state index contributed by atoms with van der Waals surface area (Å²) in [5, 5.41) is 14.1. The summed E-state index contributed by atoms with van der Waals surface area (Å²) in [5.41, 5.74) is 0. The number of aliphatic hydroxyl groups is 1. The number of nitrogens with one attached hydrogen (secondary N) is 2. The number of aliphatic hydroxyl groups excluding tert-OH is 1. The smallest absolute Gasteiger partial charge is 0.330 e. The summed E-state index contributed by atoms with van der Waals surface area (Å²) in [5.74, 6) is -1.88. The van der Waals surface area contributed by atoms with Crippen molar-refractivity contribution in [3.63, 3.8) is 0 Å². The van der Waals surface area contributed by atoms with E-state index in [1.165, 1.54) is 57.2 Å². The lowest BCUT2D eigenvalue weighted by atomic mass is 10.0. The molecule has 220 valence electrons. The van der Waals surface area contributed by atoms with Gasteiger partial charge in [0.05, 0.1) is 20.1 Å². The number of esters is 2. The number of amides is 2. The molecule has 12 heteroatoms. The van der Waals surface area contributed by atoms with Gasteiger partial charge in [-0.15, -0.1) is 0 Å². The van der Waals surface area contributed by atoms with Gasteiger partial charge in [-0.25, -0.2) is 4.79 Å². The Hall–Kier alpha value is -2.34. The fourth-order valence-corrected chi connectivity index (χ4v) is 4.50. The maximum atomic E-state index is 12.4. The Morgan fingerprint density at radius 3 is 2.13 bits per heavy atom. The topological polar surface area (TPSA) is 157 Å². The summed E-state index contributed by atoms with van der Waals surface area (Å²) in [6.07, 6.45) is 10.6. The molecule has 11 nitrogen and oxygen atoms in total. The minimum Gasteiger partial charge on any atom is -0.467 e. The first kappa shape index (κ1) is 35.7. The first-order valence-corrected chi connectivity index (χ1v) is 14.5. The molecule has 38 heavy (non-hydrogen) atoms. The van der Waals surface area contributed by atoms with Crippen molar-refractivity contribution in [2.24, 2.45) is 0 Å². The van der Waals surface area contributed by atoms with E-state index in [2.05, 4.69) is 22.3 Å². The minimum atomic E-state index is -1.24. The first-order chi connectivity index (χ1) is 18.3. The van der Waals surface area contributed by atoms with Gasteiger partial charge in [-0.3, -0.25) is 19.2 Å². The SMILES string of the molecule is CCCCCCCCCCC[C@H](CC(=O)OCCSC[C@H](NC(C)=O)C(=O)N[C@@H](CO)C(=O)OC)OC=O. The van der Waals surface area contributed by atoms with Crippen molar-refractivity contribution in [1.82, 2.24) is 10.6 Å². The maximum Gasteiger partial charge on any atom is 0.330 e. The number of hydrogen-bond donors (Lipinski definition) is 3. The monoisotopic (exact) mass is 562 g/mol. The fraction of sp³-hybridized carbons (Fsp3) is 0.808. The van der Waals surface area contributed by atoms with Crippen molar-refractivity contribution < 1.29 is 43.3 Å². The highest BCUT2D eigenvalue weighted by Gasteiger charge is 2.26. The Morgan fingerprint density at radius 2 is 1.58 bits per heavy atom. The minimum absolute atomic E-state index is 0.0204. The predicted octanol–water partition coefficient (Wildman–Crippen LogP) is 2.27. The average Bonchev–Trinajstić information content (AvgIpc) is 2.89. The van der Waals surface area contributed by atoms with Crippen LogP contribution in [0.1, 0.15) is 84.5 Å². The van der Waals surface area contributed by atoms with E-state index < -0.39 is 48.5 Å². The third kappa shape index (κ3) is 18.8. The van der Waals surface area contributed by atoms with E-state index in [0.29, 0.717) is 18.6 Å². The number of unbranched alkanes of at least 4 members (excludes halogenated alkanes) is 8. The summed E-state index contributed by atoms with van der Waals surface area (Å²) < 4.78 is 14.8. The average molecular weight is 563 g/mol. The molecular weight excluding hydrogens is 516 g/mol. The molecule has 0 heterocycles. The quantitative estimate of drug-likeness (QED) is 0.0690. The van der Waals surface area contributed by atoms with Gasteiger partial charge in [0.25, 0.3) is 6.47 Å². The molecule has 0 aliphatic rings. The summed E-state index contributed by atoms with van der Waals surface area (Å²) in [7, 11) is 1.13. The fourth-order valence-electron chi connectivity index (χ4n) is 3.66. The predicted molar refractivity (Wildman–Crippen MR) is 144 cm³/mol. The number of carbonyl (C=O) groups is 5. The molecule has 2 amide bonds. The van der Waals surface area contributed by atoms with Crippen molar-refractivity contribution in [2.45, 2.75) is 103 Å². The highest BCUT2D eigenvalue weighted by Crippen LogP contribution is 2.14. The van der Waals surface area contributed by atoms with E-state index in [1.807, 2.05) is 0 Å². The van der Waals surface area contributed by atoms with E-state index in [9.17, 15) is 29.1 Å². The van der Waals surface area contributed by atoms with Gasteiger partial charge in [-0.2, -0.15) is 11.8 Å². The summed E-state index contributed by atoms with van der Waals surface area (Å²) in [6, 6.07) is -2.21. The van der Waals surface area contributed by atoms with Crippen molar-refractivity contribution in [1.29, 1.82) is 0 Å². The molecule has 0 aromatic rings. The first-order valence-electron chi connectivity index (χ1n) is 13.4. The number of thioether (sulfide) groups is 1. The van der Waals surface area contributed by atoms with Crippen LogP contribution in [0.2, 0.25) is 0 Å². The van der Waals surface area contributed by atoms with Crippen LogP contribution in [-0.2, 0) is 38.2 Å². The standard InChI is InChI=1S/C26H46N2O9S/c1-4-5-6-7-8-9-10-11-12-13-21(37-19-30)16-24(32)36-14-15-38-18-23(27-20(2)31)25(33)28-22(17-29)26(34)35-3/h19,21-23,29H,4-18H2,1-3H3,(H,27,31)(H,28,33)/t21-,22+,23+/m1/s1. The maximum absolute atomic E-state index is 12.4. The second-order valence-electron chi connectivity index (χ2n) is 8.99. The van der Waals surface area contributed by atoms with Crippen LogP contribution in [0.4, 0.5) is 0 Å². The van der Waals surface area contributed by atoms with Crippen LogP contribution in [0.5, 0.6) is 0 Å². The molecule has 0 aliphatic heterocycles. The number of methoxy groups -OCH3 is 1. The van der Waals surface area contributed by atoms with Crippen LogP contribution in [0.25, 0.3) is 0 Å². The van der Waals surface area contributed by atoms with Crippen LogP contribution in [0, 0.1) is 0 Å². The molecule has 0 saturated heterocycles. The van der Waals surface area contributed by atoms with Crippen molar-refractivity contribution in [3.05, 3.63) is 0 Å². The molecule has 0 aromatic carbocycles. The molecule has 0 aromatic heterocycles. The molecular formula is C26H46N2O9S. The Kier molecular flexibility index (Phi) is 22.3. The van der Waals surface area contributed by atoms with Crippen LogP contribution in [0.3, 0.4) is 0 Å². The molecule has 3 atom stereocenters. The zero-order chi connectivity index (χ0) is 28.6. The van der Waals surface area contributed by atoms with Crippen molar-refractivity contribution in [2.75, 3.05) is 31.8 Å². The van der Waals surface area contributed by atoms with E-state index >= 15 is 0 Å². The molecule has 3 N–H and O–H groups in total. The lowest BCUT2D eigenvalue weighted by molar-refractivity contribution is -0.148. The van der Waals surface area contributed by atoms with Crippen molar-refractivity contribution >= 4 is 42.0 Å². The van der Waals surface area contributed by atoms with E-state index in [1.54, 1.807) is 0 Å². The summed E-state index contributed by atoms with van der Waals surface area (Å²) >= 11 is 1.26. The van der Waals surface area contributed by atoms with Gasteiger partial charge in [0, 0.05) is 18.4 Å². The largest absolute Gasteiger partial charge is 0.467 e. The van der Waals surface area contributed by atoms with Crippen LogP contribution in [-0.4, -0.2) is 85.3 Å². The van der Waals surface area contributed by atoms with E-state index in [0.717, 1.165) is 26.4 Å². The van der Waals surface area contributed by atoms with E-state index in [4.69, 9.17) is 9.47 Å². The molecule has 0 spiro atoms. The van der Waals surface area contributed by atoms with Crippen LogP contribution in [0.15, 0.2) is 0 Å². The van der Waals surface area contributed by atoms with Gasteiger partial charge < -0.3 is 30.0 Å². The second kappa shape index (κ2) is 23.8. The molecule has 0 bridgehead atoms. The highest BCUT2D eigenvalue weighted by atomic mass is 32.2. The Labute approximate surface area is 230 Å². The normalized spacial score (nSPS) is 13.1. The molecule has 0 fully saturated rings. The lowest BCUT2D eigenvalue weighted by Gasteiger charge is -2.20. The lowest BCUT2D eigenvalue weighted by Crippen LogP contribution is -2.53. The van der Waals surface area contributed by atoms with Crippen LogP contribution >= 0.6 is 11.8 Å². The van der Waals surface area contributed by atoms with Gasteiger partial charge in [-0.05, 0) is 12.8 Å². The third-order valence-electron chi connectivity index (χ3n) is 5.73. The van der Waals surface area contributed by atoms with Crippen LogP contribution < -0.4 is 10.6 Å². The van der Waals surface area contributed by atoms with Crippen molar-refractivity contribution in [3.8, 4) is 0 Å². The molecule has 0 rings (SSSR count). The third-order valence-corrected chi connectivity index (χ3v) is 6.75.